The number of halogens is 2. The number of nitriles is 1. The zero-order valence-corrected chi connectivity index (χ0v) is 17.7. The van der Waals surface area contributed by atoms with E-state index >= 15 is 0 Å². The highest BCUT2D eigenvalue weighted by atomic mass is 35.5. The van der Waals surface area contributed by atoms with Crippen molar-refractivity contribution in [2.75, 3.05) is 0 Å². The van der Waals surface area contributed by atoms with E-state index in [0.717, 1.165) is 17.0 Å². The van der Waals surface area contributed by atoms with Crippen LogP contribution in [-0.2, 0) is 10.8 Å². The molecule has 0 fully saturated rings. The Morgan fingerprint density at radius 2 is 1.35 bits per heavy atom. The summed E-state index contributed by atoms with van der Waals surface area (Å²) in [4.78, 5) is 8.47. The quantitative estimate of drug-likeness (QED) is 0.517. The average molecular weight is 390 g/mol. The molecule has 2 aromatic rings. The topological polar surface area (TPSA) is 49.6 Å². The minimum Gasteiger partial charge on any atom is -0.240 e. The molecule has 0 radical (unpaired) electrons. The molecule has 0 spiro atoms. The van der Waals surface area contributed by atoms with Gasteiger partial charge in [-0.25, -0.2) is 9.97 Å². The lowest BCUT2D eigenvalue weighted by molar-refractivity contribution is 0.569. The molecule has 0 bridgehead atoms. The highest BCUT2D eigenvalue weighted by molar-refractivity contribution is 6.31. The van der Waals surface area contributed by atoms with Crippen LogP contribution in [0.5, 0.6) is 0 Å². The third-order valence-corrected chi connectivity index (χ3v) is 4.19. The van der Waals surface area contributed by atoms with Crippen LogP contribution >= 0.6 is 23.2 Å². The summed E-state index contributed by atoms with van der Waals surface area (Å²) in [6, 6.07) is 9.46. The number of aromatic nitrogens is 2. The van der Waals surface area contributed by atoms with Crippen molar-refractivity contribution in [1.82, 2.24) is 9.97 Å². The summed E-state index contributed by atoms with van der Waals surface area (Å²) < 4.78 is 0. The maximum absolute atomic E-state index is 8.64. The van der Waals surface area contributed by atoms with Gasteiger partial charge >= 0.3 is 0 Å². The minimum atomic E-state index is -0.0301. The molecule has 26 heavy (non-hydrogen) atoms. The third kappa shape index (κ3) is 6.12. The molecule has 0 aliphatic carbocycles. The summed E-state index contributed by atoms with van der Waals surface area (Å²) in [5.74, 6) is 0. The van der Waals surface area contributed by atoms with Crippen LogP contribution in [0.2, 0.25) is 10.3 Å². The number of hydrogen-bond acceptors (Lipinski definition) is 3. The van der Waals surface area contributed by atoms with Crippen LogP contribution in [0.3, 0.4) is 0 Å². The largest absolute Gasteiger partial charge is 0.240 e. The first-order valence-corrected chi connectivity index (χ1v) is 9.02. The fourth-order valence-corrected chi connectivity index (χ4v) is 2.38. The first-order valence-electron chi connectivity index (χ1n) is 8.26. The summed E-state index contributed by atoms with van der Waals surface area (Å²) in [5.41, 5.74) is 3.23. The Balaban J connectivity index is 0.000000260. The molecule has 0 saturated heterocycles. The molecule has 0 amide bonds. The maximum atomic E-state index is 8.64. The summed E-state index contributed by atoms with van der Waals surface area (Å²) in [6.07, 6.45) is 1.71. The molecule has 2 aromatic heterocycles. The van der Waals surface area contributed by atoms with Crippen molar-refractivity contribution in [3.63, 3.8) is 0 Å². The molecule has 0 aliphatic rings. The normalized spacial score (nSPS) is 11.2. The molecule has 5 heteroatoms. The van der Waals surface area contributed by atoms with Gasteiger partial charge in [-0.05, 0) is 18.2 Å². The van der Waals surface area contributed by atoms with Crippen LogP contribution in [0.15, 0.2) is 30.8 Å². The second-order valence-electron chi connectivity index (χ2n) is 7.93. The minimum absolute atomic E-state index is 0.0301. The van der Waals surface area contributed by atoms with Gasteiger partial charge in [0.15, 0.2) is 0 Å². The SMILES string of the molecule is C=Cc1ccc(C(C)(C)C)nc1Cl.CC(C)(C)c1ccc(C#N)c(Cl)n1. The molecule has 138 valence electrons. The molecule has 0 aromatic carbocycles. The van der Waals surface area contributed by atoms with Crippen molar-refractivity contribution < 1.29 is 0 Å². The van der Waals surface area contributed by atoms with E-state index < -0.39 is 0 Å². The van der Waals surface area contributed by atoms with Gasteiger partial charge in [-0.15, -0.1) is 0 Å². The third-order valence-electron chi connectivity index (χ3n) is 3.60. The van der Waals surface area contributed by atoms with E-state index in [2.05, 4.69) is 58.1 Å². The Bertz CT molecular complexity index is 823. The second-order valence-corrected chi connectivity index (χ2v) is 8.64. The predicted molar refractivity (Wildman–Crippen MR) is 111 cm³/mol. The van der Waals surface area contributed by atoms with Crippen LogP contribution < -0.4 is 0 Å². The molecule has 0 aliphatic heterocycles. The van der Waals surface area contributed by atoms with Gasteiger partial charge in [0.05, 0.1) is 5.56 Å². The molecular formula is C21H25Cl2N3. The van der Waals surface area contributed by atoms with Crippen molar-refractivity contribution in [3.8, 4) is 6.07 Å². The molecule has 0 atom stereocenters. The van der Waals surface area contributed by atoms with Crippen LogP contribution in [0.25, 0.3) is 6.08 Å². The smallest absolute Gasteiger partial charge is 0.147 e. The number of rotatable bonds is 1. The van der Waals surface area contributed by atoms with Crippen LogP contribution in [0.1, 0.15) is 64.1 Å². The summed E-state index contributed by atoms with van der Waals surface area (Å²) in [7, 11) is 0. The molecule has 2 rings (SSSR count). The van der Waals surface area contributed by atoms with Gasteiger partial charge in [0, 0.05) is 27.8 Å². The van der Waals surface area contributed by atoms with Crippen molar-refractivity contribution in [2.45, 2.75) is 52.4 Å². The molecule has 0 N–H and O–H groups in total. The zero-order valence-electron chi connectivity index (χ0n) is 16.2. The van der Waals surface area contributed by atoms with Crippen LogP contribution in [-0.4, -0.2) is 9.97 Å². The Hall–Kier alpha value is -1.89. The monoisotopic (exact) mass is 389 g/mol. The van der Waals surface area contributed by atoms with Gasteiger partial charge in [-0.1, -0.05) is 83.5 Å². The van der Waals surface area contributed by atoms with E-state index in [-0.39, 0.29) is 16.0 Å². The van der Waals surface area contributed by atoms with Gasteiger partial charge in [-0.3, -0.25) is 0 Å². The fraction of sp³-hybridized carbons (Fsp3) is 0.381. The van der Waals surface area contributed by atoms with Crippen LogP contribution in [0, 0.1) is 11.3 Å². The van der Waals surface area contributed by atoms with E-state index in [4.69, 9.17) is 28.5 Å². The molecular weight excluding hydrogens is 365 g/mol. The fourth-order valence-electron chi connectivity index (χ4n) is 1.95. The highest BCUT2D eigenvalue weighted by Crippen LogP contribution is 2.24. The van der Waals surface area contributed by atoms with Crippen molar-refractivity contribution >= 4 is 29.3 Å². The Morgan fingerprint density at radius 3 is 1.69 bits per heavy atom. The van der Waals surface area contributed by atoms with Gasteiger partial charge in [0.2, 0.25) is 0 Å². The first-order chi connectivity index (χ1) is 11.9. The lowest BCUT2D eigenvalue weighted by Crippen LogP contribution is -2.13. The van der Waals surface area contributed by atoms with Gasteiger partial charge in [0.1, 0.15) is 16.4 Å². The lowest BCUT2D eigenvalue weighted by Gasteiger charge is -2.17. The zero-order chi connectivity index (χ0) is 20.1. The van der Waals surface area contributed by atoms with Gasteiger partial charge < -0.3 is 0 Å². The Kier molecular flexibility index (Phi) is 7.38. The van der Waals surface area contributed by atoms with Crippen molar-refractivity contribution in [1.29, 1.82) is 5.26 Å². The number of pyridine rings is 2. The molecule has 3 nitrogen and oxygen atoms in total. The van der Waals surface area contributed by atoms with Gasteiger partial charge in [-0.2, -0.15) is 5.26 Å². The van der Waals surface area contributed by atoms with Crippen molar-refractivity contribution in [2.24, 2.45) is 0 Å². The highest BCUT2D eigenvalue weighted by Gasteiger charge is 2.17. The number of hydrogen-bond donors (Lipinski definition) is 0. The number of nitrogens with zero attached hydrogens (tertiary/aromatic N) is 3. The van der Waals surface area contributed by atoms with E-state index in [9.17, 15) is 0 Å². The first kappa shape index (κ1) is 22.2. The van der Waals surface area contributed by atoms with E-state index in [1.807, 2.05) is 24.3 Å². The Morgan fingerprint density at radius 1 is 0.885 bits per heavy atom. The Labute approximate surface area is 166 Å². The van der Waals surface area contributed by atoms with Crippen molar-refractivity contribution in [3.05, 3.63) is 63.7 Å². The standard InChI is InChI=1S/C11H14ClN.C10H11ClN2/c1-5-8-6-7-9(11(2,3)4)13-10(8)12;1-10(2,3)8-5-4-7(6-12)9(11)13-8/h5-7H,1H2,2-4H3;4-5H,1-3H3. The summed E-state index contributed by atoms with van der Waals surface area (Å²) in [6.45, 7) is 16.2. The van der Waals surface area contributed by atoms with Crippen LogP contribution in [0.4, 0.5) is 0 Å². The lowest BCUT2D eigenvalue weighted by atomic mass is 9.91. The average Bonchev–Trinajstić information content (AvgIpc) is 2.53. The van der Waals surface area contributed by atoms with Gasteiger partial charge in [0.25, 0.3) is 0 Å². The van der Waals surface area contributed by atoms with E-state index in [1.54, 1.807) is 12.1 Å². The predicted octanol–water partition coefficient (Wildman–Crippen LogP) is 6.58. The second kappa shape index (κ2) is 8.66. The molecule has 0 unspecified atom stereocenters. The summed E-state index contributed by atoms with van der Waals surface area (Å²) >= 11 is 11.8. The van der Waals surface area contributed by atoms with E-state index in [1.165, 1.54) is 0 Å². The molecule has 0 saturated carbocycles. The summed E-state index contributed by atoms with van der Waals surface area (Å²) in [5, 5.41) is 9.45. The van der Waals surface area contributed by atoms with E-state index in [0.29, 0.717) is 10.7 Å². The maximum Gasteiger partial charge on any atom is 0.147 e. The molecule has 2 heterocycles.